The first kappa shape index (κ1) is 24.8. The number of fused-ring (bicyclic) bond motifs is 2. The zero-order valence-electron chi connectivity index (χ0n) is 20.2. The second-order valence-electron chi connectivity index (χ2n) is 8.23. The quantitative estimate of drug-likeness (QED) is 0.235. The summed E-state index contributed by atoms with van der Waals surface area (Å²) in [4.78, 5) is 16.8. The highest BCUT2D eigenvalue weighted by molar-refractivity contribution is 7.93. The van der Waals surface area contributed by atoms with Gasteiger partial charge in [0.1, 0.15) is 16.5 Å². The molecule has 0 saturated carbocycles. The maximum atomic E-state index is 13.7. The Kier molecular flexibility index (Phi) is 6.86. The normalized spacial score (nSPS) is 13.2. The van der Waals surface area contributed by atoms with Crippen molar-refractivity contribution in [3.63, 3.8) is 0 Å². The lowest BCUT2D eigenvalue weighted by molar-refractivity contribution is -0.138. The SMILES string of the molecule is COc1cc(C=CC(=O)OCc2nc3ccccc3s2)cc(S(=O)(=O)N2CCc3ccccc32)c1OC. The fourth-order valence-electron chi connectivity index (χ4n) is 4.24. The highest BCUT2D eigenvalue weighted by atomic mass is 32.2. The molecule has 0 bridgehead atoms. The van der Waals surface area contributed by atoms with Crippen molar-refractivity contribution >= 4 is 49.3 Å². The molecule has 0 radical (unpaired) electrons. The van der Waals surface area contributed by atoms with Crippen LogP contribution < -0.4 is 13.8 Å². The number of hydrogen-bond acceptors (Lipinski definition) is 8. The Morgan fingerprint density at radius 2 is 1.86 bits per heavy atom. The van der Waals surface area contributed by atoms with Crippen LogP contribution in [0.3, 0.4) is 0 Å². The van der Waals surface area contributed by atoms with Gasteiger partial charge in [-0.25, -0.2) is 18.2 Å². The fraction of sp³-hybridized carbons (Fsp3) is 0.185. The number of ether oxygens (including phenoxy) is 3. The van der Waals surface area contributed by atoms with Crippen molar-refractivity contribution in [2.45, 2.75) is 17.9 Å². The largest absolute Gasteiger partial charge is 0.493 e. The summed E-state index contributed by atoms with van der Waals surface area (Å²) in [5.74, 6) is -0.243. The van der Waals surface area contributed by atoms with Crippen LogP contribution in [0.4, 0.5) is 5.69 Å². The van der Waals surface area contributed by atoms with Gasteiger partial charge in [-0.1, -0.05) is 30.3 Å². The summed E-state index contributed by atoms with van der Waals surface area (Å²) in [7, 11) is -1.15. The number of anilines is 1. The lowest BCUT2D eigenvalue weighted by atomic mass is 10.2. The van der Waals surface area contributed by atoms with Crippen LogP contribution in [-0.2, 0) is 32.6 Å². The van der Waals surface area contributed by atoms with Crippen LogP contribution in [0.5, 0.6) is 11.5 Å². The van der Waals surface area contributed by atoms with Crippen molar-refractivity contribution in [1.29, 1.82) is 0 Å². The van der Waals surface area contributed by atoms with E-state index in [2.05, 4.69) is 4.98 Å². The number of aromatic nitrogens is 1. The van der Waals surface area contributed by atoms with E-state index in [0.717, 1.165) is 15.8 Å². The Labute approximate surface area is 218 Å². The summed E-state index contributed by atoms with van der Waals surface area (Å²) in [5, 5.41) is 0.688. The Hall–Kier alpha value is -3.89. The molecule has 0 atom stereocenters. The Morgan fingerprint density at radius 1 is 1.08 bits per heavy atom. The van der Waals surface area contributed by atoms with Crippen molar-refractivity contribution in [3.05, 3.63) is 82.9 Å². The molecule has 190 valence electrons. The van der Waals surface area contributed by atoms with Gasteiger partial charge in [-0.2, -0.15) is 0 Å². The summed E-state index contributed by atoms with van der Waals surface area (Å²) >= 11 is 1.46. The smallest absolute Gasteiger partial charge is 0.331 e. The minimum atomic E-state index is -3.98. The average molecular weight is 537 g/mol. The molecule has 10 heteroatoms. The predicted octanol–water partition coefficient (Wildman–Crippen LogP) is 4.82. The molecule has 1 aliphatic heterocycles. The van der Waals surface area contributed by atoms with E-state index >= 15 is 0 Å². The number of nitrogens with zero attached hydrogens (tertiary/aromatic N) is 2. The molecule has 4 aromatic rings. The van der Waals surface area contributed by atoms with Crippen LogP contribution in [0.1, 0.15) is 16.1 Å². The second-order valence-corrected chi connectivity index (χ2v) is 11.2. The van der Waals surface area contributed by atoms with Gasteiger partial charge >= 0.3 is 5.97 Å². The Bertz CT molecular complexity index is 1580. The molecule has 5 rings (SSSR count). The summed E-state index contributed by atoms with van der Waals surface area (Å²) in [6.45, 7) is 0.369. The second kappa shape index (κ2) is 10.2. The highest BCUT2D eigenvalue weighted by Crippen LogP contribution is 2.40. The molecule has 2 heterocycles. The van der Waals surface area contributed by atoms with Gasteiger partial charge in [0, 0.05) is 12.6 Å². The summed E-state index contributed by atoms with van der Waals surface area (Å²) in [6, 6.07) is 18.2. The molecule has 0 amide bonds. The molecule has 3 aromatic carbocycles. The van der Waals surface area contributed by atoms with Crippen LogP contribution in [0.25, 0.3) is 16.3 Å². The minimum absolute atomic E-state index is 0.0441. The van der Waals surface area contributed by atoms with Crippen molar-refractivity contribution < 1.29 is 27.4 Å². The molecule has 0 N–H and O–H groups in total. The molecule has 0 unspecified atom stereocenters. The van der Waals surface area contributed by atoms with Crippen LogP contribution in [-0.4, -0.2) is 40.1 Å². The van der Waals surface area contributed by atoms with E-state index in [1.165, 1.54) is 48.1 Å². The molecule has 1 aromatic heterocycles. The van der Waals surface area contributed by atoms with E-state index in [0.29, 0.717) is 29.2 Å². The molecule has 37 heavy (non-hydrogen) atoms. The van der Waals surface area contributed by atoms with Gasteiger partial charge in [0.25, 0.3) is 10.0 Å². The zero-order valence-corrected chi connectivity index (χ0v) is 21.8. The van der Waals surface area contributed by atoms with Crippen LogP contribution in [0.2, 0.25) is 0 Å². The van der Waals surface area contributed by atoms with E-state index in [1.54, 1.807) is 12.1 Å². The third-order valence-electron chi connectivity index (χ3n) is 5.97. The van der Waals surface area contributed by atoms with Crippen molar-refractivity contribution in [2.75, 3.05) is 25.1 Å². The van der Waals surface area contributed by atoms with Gasteiger partial charge in [0.15, 0.2) is 11.5 Å². The van der Waals surface area contributed by atoms with Crippen LogP contribution in [0, 0.1) is 0 Å². The van der Waals surface area contributed by atoms with E-state index in [4.69, 9.17) is 14.2 Å². The van der Waals surface area contributed by atoms with E-state index in [-0.39, 0.29) is 23.0 Å². The van der Waals surface area contributed by atoms with Crippen molar-refractivity contribution in [3.8, 4) is 11.5 Å². The molecule has 0 spiro atoms. The van der Waals surface area contributed by atoms with E-state index in [1.807, 2.05) is 42.5 Å². The number of carbonyl (C=O) groups is 1. The Morgan fingerprint density at radius 3 is 2.65 bits per heavy atom. The van der Waals surface area contributed by atoms with Crippen LogP contribution in [0.15, 0.2) is 71.6 Å². The van der Waals surface area contributed by atoms with Gasteiger partial charge < -0.3 is 14.2 Å². The average Bonchev–Trinajstić information content (AvgIpc) is 3.54. The summed E-state index contributed by atoms with van der Waals surface area (Å²) in [6.07, 6.45) is 3.35. The predicted molar refractivity (Wildman–Crippen MR) is 143 cm³/mol. The maximum Gasteiger partial charge on any atom is 0.331 e. The number of benzene rings is 3. The molecule has 1 aliphatic rings. The summed E-state index contributed by atoms with van der Waals surface area (Å²) < 4.78 is 46.1. The molecular weight excluding hydrogens is 512 g/mol. The van der Waals surface area contributed by atoms with E-state index in [9.17, 15) is 13.2 Å². The number of thiazole rings is 1. The van der Waals surface area contributed by atoms with Crippen molar-refractivity contribution in [2.24, 2.45) is 0 Å². The van der Waals surface area contributed by atoms with Gasteiger partial charge in [-0.3, -0.25) is 4.31 Å². The highest BCUT2D eigenvalue weighted by Gasteiger charge is 2.34. The zero-order chi connectivity index (χ0) is 26.0. The third-order valence-corrected chi connectivity index (χ3v) is 8.80. The number of esters is 1. The first-order valence-corrected chi connectivity index (χ1v) is 13.7. The van der Waals surface area contributed by atoms with Gasteiger partial charge in [0.2, 0.25) is 0 Å². The number of hydrogen-bond donors (Lipinski definition) is 0. The number of rotatable bonds is 8. The third kappa shape index (κ3) is 4.90. The van der Waals surface area contributed by atoms with Gasteiger partial charge in [0.05, 0.1) is 30.1 Å². The van der Waals surface area contributed by atoms with Crippen molar-refractivity contribution in [1.82, 2.24) is 4.98 Å². The lowest BCUT2D eigenvalue weighted by Gasteiger charge is -2.22. The molecule has 8 nitrogen and oxygen atoms in total. The molecule has 0 aliphatic carbocycles. The maximum absolute atomic E-state index is 13.7. The molecular formula is C27H24N2O6S2. The first-order chi connectivity index (χ1) is 17.9. The monoisotopic (exact) mass is 536 g/mol. The number of methoxy groups -OCH3 is 2. The number of sulfonamides is 1. The first-order valence-electron chi connectivity index (χ1n) is 11.5. The fourth-order valence-corrected chi connectivity index (χ4v) is 6.83. The Balaban J connectivity index is 1.39. The van der Waals surface area contributed by atoms with Gasteiger partial charge in [-0.15, -0.1) is 11.3 Å². The van der Waals surface area contributed by atoms with Gasteiger partial charge in [-0.05, 0) is 54.0 Å². The van der Waals surface area contributed by atoms with Crippen LogP contribution >= 0.6 is 11.3 Å². The summed E-state index contributed by atoms with van der Waals surface area (Å²) in [5.41, 5.74) is 2.90. The number of carbonyl (C=O) groups excluding carboxylic acids is 1. The topological polar surface area (TPSA) is 95.0 Å². The lowest BCUT2D eigenvalue weighted by Crippen LogP contribution is -2.29. The molecule has 0 saturated heterocycles. The standard InChI is InChI=1S/C27H24N2O6S2/c1-33-22-15-18(11-12-26(30)35-17-25-28-20-8-4-6-10-23(20)36-25)16-24(27(22)34-2)37(31,32)29-14-13-19-7-3-5-9-21(19)29/h3-12,15-16H,13-14,17H2,1-2H3. The molecule has 0 fully saturated rings. The minimum Gasteiger partial charge on any atom is -0.493 e. The number of para-hydroxylation sites is 2. The van der Waals surface area contributed by atoms with E-state index < -0.39 is 16.0 Å².